The highest BCUT2D eigenvalue weighted by molar-refractivity contribution is 6.34. The third-order valence-electron chi connectivity index (χ3n) is 2.81. The van der Waals surface area contributed by atoms with Gasteiger partial charge in [0.1, 0.15) is 5.02 Å². The predicted molar refractivity (Wildman–Crippen MR) is 63.9 cm³/mol. The van der Waals surface area contributed by atoms with Crippen molar-refractivity contribution in [3.8, 4) is 0 Å². The number of nitrogens with zero attached hydrogens (tertiary/aromatic N) is 3. The van der Waals surface area contributed by atoms with E-state index in [0.717, 1.165) is 24.5 Å². The first kappa shape index (κ1) is 11.5. The molecule has 0 N–H and O–H groups in total. The van der Waals surface area contributed by atoms with Crippen LogP contribution in [0.2, 0.25) is 5.02 Å². The average Bonchev–Trinajstić information content (AvgIpc) is 2.73. The Kier molecular flexibility index (Phi) is 2.93. The first-order valence-electron chi connectivity index (χ1n) is 5.57. The Balaban J connectivity index is 2.49. The molecule has 4 nitrogen and oxygen atoms in total. The number of halogens is 1. The van der Waals surface area contributed by atoms with Gasteiger partial charge < -0.3 is 0 Å². The lowest BCUT2D eigenvalue weighted by molar-refractivity contribution is -0.117. The number of hydrogen-bond acceptors (Lipinski definition) is 2. The Labute approximate surface area is 100 Å². The van der Waals surface area contributed by atoms with Crippen molar-refractivity contribution in [3.05, 3.63) is 10.7 Å². The van der Waals surface area contributed by atoms with E-state index in [2.05, 4.69) is 5.10 Å². The maximum Gasteiger partial charge on any atom is 0.228 e. The first-order chi connectivity index (χ1) is 7.52. The smallest absolute Gasteiger partial charge is 0.228 e. The van der Waals surface area contributed by atoms with E-state index < -0.39 is 0 Å². The van der Waals surface area contributed by atoms with Crippen molar-refractivity contribution >= 4 is 23.3 Å². The molecule has 0 radical (unpaired) electrons. The third-order valence-corrected chi connectivity index (χ3v) is 3.25. The maximum atomic E-state index is 11.7. The van der Waals surface area contributed by atoms with E-state index in [0.29, 0.717) is 11.4 Å². The van der Waals surface area contributed by atoms with Gasteiger partial charge in [-0.2, -0.15) is 5.10 Å². The van der Waals surface area contributed by atoms with Crippen LogP contribution in [0, 0.1) is 6.92 Å². The highest BCUT2D eigenvalue weighted by Gasteiger charge is 2.29. The van der Waals surface area contributed by atoms with Crippen LogP contribution in [0.5, 0.6) is 0 Å². The van der Waals surface area contributed by atoms with Crippen molar-refractivity contribution in [1.29, 1.82) is 0 Å². The van der Waals surface area contributed by atoms with Crippen molar-refractivity contribution in [2.45, 2.75) is 39.7 Å². The highest BCUT2D eigenvalue weighted by atomic mass is 35.5. The van der Waals surface area contributed by atoms with E-state index in [1.807, 2.05) is 25.5 Å². The van der Waals surface area contributed by atoms with Crippen LogP contribution < -0.4 is 4.90 Å². The number of anilines is 1. The molecule has 2 rings (SSSR count). The molecule has 1 aliphatic heterocycles. The molecule has 0 atom stereocenters. The van der Waals surface area contributed by atoms with Crippen LogP contribution in [-0.4, -0.2) is 22.2 Å². The van der Waals surface area contributed by atoms with Crippen molar-refractivity contribution in [2.75, 3.05) is 11.4 Å². The zero-order chi connectivity index (χ0) is 11.9. The summed E-state index contributed by atoms with van der Waals surface area (Å²) in [7, 11) is 0. The van der Waals surface area contributed by atoms with E-state index in [-0.39, 0.29) is 11.9 Å². The van der Waals surface area contributed by atoms with Crippen molar-refractivity contribution < 1.29 is 4.79 Å². The van der Waals surface area contributed by atoms with Crippen LogP contribution >= 0.6 is 11.6 Å². The fourth-order valence-corrected chi connectivity index (χ4v) is 2.22. The molecule has 1 aliphatic rings. The molecule has 0 aromatic carbocycles. The molecule has 0 saturated carbocycles. The van der Waals surface area contributed by atoms with E-state index in [4.69, 9.17) is 11.6 Å². The predicted octanol–water partition coefficient (Wildman–Crippen LogP) is 2.55. The molecule has 0 bridgehead atoms. The summed E-state index contributed by atoms with van der Waals surface area (Å²) in [5.41, 5.74) is 0.782. The summed E-state index contributed by atoms with van der Waals surface area (Å²) in [4.78, 5) is 13.5. The third kappa shape index (κ3) is 1.71. The lowest BCUT2D eigenvalue weighted by Crippen LogP contribution is -2.27. The van der Waals surface area contributed by atoms with Gasteiger partial charge in [0, 0.05) is 19.0 Å². The fraction of sp³-hybridized carbons (Fsp3) is 0.636. The SMILES string of the molecule is Cc1nn(C(C)C)c(N2CCCC2=O)c1Cl. The quantitative estimate of drug-likeness (QED) is 0.798. The van der Waals surface area contributed by atoms with Gasteiger partial charge in [0.2, 0.25) is 5.91 Å². The molecule has 1 fully saturated rings. The topological polar surface area (TPSA) is 38.1 Å². The Morgan fingerprint density at radius 3 is 2.62 bits per heavy atom. The van der Waals surface area contributed by atoms with E-state index in [1.54, 1.807) is 4.90 Å². The first-order valence-corrected chi connectivity index (χ1v) is 5.95. The van der Waals surface area contributed by atoms with E-state index in [9.17, 15) is 4.79 Å². The van der Waals surface area contributed by atoms with Crippen molar-refractivity contribution in [2.24, 2.45) is 0 Å². The van der Waals surface area contributed by atoms with Crippen LogP contribution in [0.25, 0.3) is 0 Å². The highest BCUT2D eigenvalue weighted by Crippen LogP contribution is 2.33. The molecule has 0 unspecified atom stereocenters. The molecule has 1 saturated heterocycles. The lowest BCUT2D eigenvalue weighted by Gasteiger charge is -2.19. The minimum atomic E-state index is 0.142. The van der Waals surface area contributed by atoms with Gasteiger partial charge in [-0.3, -0.25) is 9.69 Å². The minimum absolute atomic E-state index is 0.142. The second-order valence-electron chi connectivity index (χ2n) is 4.41. The molecule has 0 spiro atoms. The van der Waals surface area contributed by atoms with Gasteiger partial charge in [0.05, 0.1) is 5.69 Å². The number of carbonyl (C=O) groups is 1. The van der Waals surface area contributed by atoms with Gasteiger partial charge in [-0.15, -0.1) is 0 Å². The lowest BCUT2D eigenvalue weighted by atomic mass is 10.4. The van der Waals surface area contributed by atoms with Crippen LogP contribution in [0.3, 0.4) is 0 Å². The Morgan fingerprint density at radius 1 is 1.44 bits per heavy atom. The number of hydrogen-bond donors (Lipinski definition) is 0. The summed E-state index contributed by atoms with van der Waals surface area (Å²) in [6.07, 6.45) is 1.51. The summed E-state index contributed by atoms with van der Waals surface area (Å²) in [5.74, 6) is 0.903. The largest absolute Gasteiger partial charge is 0.296 e. The number of amides is 1. The summed E-state index contributed by atoms with van der Waals surface area (Å²) in [5, 5.41) is 4.98. The number of rotatable bonds is 2. The van der Waals surface area contributed by atoms with Crippen LogP contribution in [-0.2, 0) is 4.79 Å². The summed E-state index contributed by atoms with van der Waals surface area (Å²) in [6.45, 7) is 6.68. The van der Waals surface area contributed by atoms with Gasteiger partial charge in [-0.25, -0.2) is 4.68 Å². The molecule has 1 amide bonds. The number of aryl methyl sites for hydroxylation is 1. The minimum Gasteiger partial charge on any atom is -0.296 e. The molecule has 16 heavy (non-hydrogen) atoms. The molecule has 5 heteroatoms. The van der Waals surface area contributed by atoms with Crippen molar-refractivity contribution in [1.82, 2.24) is 9.78 Å². The second kappa shape index (κ2) is 4.09. The second-order valence-corrected chi connectivity index (χ2v) is 4.79. The molecule has 0 aliphatic carbocycles. The standard InChI is InChI=1S/C11H16ClN3O/c1-7(2)15-11(10(12)8(3)13-15)14-6-4-5-9(14)16/h7H,4-6H2,1-3H3. The van der Waals surface area contributed by atoms with Gasteiger partial charge >= 0.3 is 0 Å². The zero-order valence-corrected chi connectivity index (χ0v) is 10.6. The molecule has 1 aromatic rings. The number of carbonyl (C=O) groups excluding carboxylic acids is 1. The van der Waals surface area contributed by atoms with Crippen LogP contribution in [0.4, 0.5) is 5.82 Å². The van der Waals surface area contributed by atoms with Crippen molar-refractivity contribution in [3.63, 3.8) is 0 Å². The maximum absolute atomic E-state index is 11.7. The number of aromatic nitrogens is 2. The molecule has 1 aromatic heterocycles. The Bertz CT molecular complexity index is 425. The molecule has 2 heterocycles. The van der Waals surface area contributed by atoms with Gasteiger partial charge in [-0.1, -0.05) is 11.6 Å². The van der Waals surface area contributed by atoms with Crippen LogP contribution in [0.15, 0.2) is 0 Å². The van der Waals surface area contributed by atoms with Crippen LogP contribution in [0.1, 0.15) is 38.4 Å². The average molecular weight is 242 g/mol. The van der Waals surface area contributed by atoms with Gasteiger partial charge in [0.15, 0.2) is 5.82 Å². The normalized spacial score (nSPS) is 16.6. The Hall–Kier alpha value is -1.03. The molecular weight excluding hydrogens is 226 g/mol. The molecule has 88 valence electrons. The monoisotopic (exact) mass is 241 g/mol. The summed E-state index contributed by atoms with van der Waals surface area (Å²) >= 11 is 6.23. The van der Waals surface area contributed by atoms with E-state index in [1.165, 1.54) is 0 Å². The molecular formula is C11H16ClN3O. The zero-order valence-electron chi connectivity index (χ0n) is 9.83. The summed E-state index contributed by atoms with van der Waals surface area (Å²) < 4.78 is 1.83. The van der Waals surface area contributed by atoms with Gasteiger partial charge in [0.25, 0.3) is 0 Å². The van der Waals surface area contributed by atoms with E-state index >= 15 is 0 Å². The Morgan fingerprint density at radius 2 is 2.12 bits per heavy atom. The fourth-order valence-electron chi connectivity index (χ4n) is 1.99. The summed E-state index contributed by atoms with van der Waals surface area (Å²) in [6, 6.07) is 0.203. The van der Waals surface area contributed by atoms with Gasteiger partial charge in [-0.05, 0) is 27.2 Å².